The maximum atomic E-state index is 12.5. The first-order valence-corrected chi connectivity index (χ1v) is 7.39. The van der Waals surface area contributed by atoms with E-state index in [0.717, 1.165) is 38.8 Å². The highest BCUT2D eigenvalue weighted by molar-refractivity contribution is 5.98. The van der Waals surface area contributed by atoms with E-state index >= 15 is 0 Å². The maximum Gasteiger partial charge on any atom is 0.257 e. The van der Waals surface area contributed by atoms with E-state index in [9.17, 15) is 9.90 Å². The Bertz CT molecular complexity index is 485. The van der Waals surface area contributed by atoms with E-state index in [0.29, 0.717) is 11.0 Å². The molecule has 3 N–H and O–H groups in total. The molecule has 0 saturated carbocycles. The number of phenolic OH excluding ortho intramolecular Hbond substituents is 1. The number of carbonyl (C=O) groups excluding carboxylic acids is 1. The highest BCUT2D eigenvalue weighted by Crippen LogP contribution is 2.38. The Balaban J connectivity index is 2.11. The molecule has 0 atom stereocenters. The molecule has 0 spiro atoms. The van der Waals surface area contributed by atoms with E-state index in [-0.39, 0.29) is 17.3 Å². The number of phenols is 1. The molecule has 4 nitrogen and oxygen atoms in total. The highest BCUT2D eigenvalue weighted by Gasteiger charge is 2.33. The van der Waals surface area contributed by atoms with Crippen LogP contribution in [-0.4, -0.2) is 29.0 Å². The molecule has 2 rings (SSSR count). The fourth-order valence-electron chi connectivity index (χ4n) is 3.05. The van der Waals surface area contributed by atoms with Crippen LogP contribution >= 0.6 is 0 Å². The zero-order chi connectivity index (χ0) is 14.8. The number of anilines is 1. The van der Waals surface area contributed by atoms with E-state index in [1.807, 2.05) is 4.90 Å². The first kappa shape index (κ1) is 14.7. The summed E-state index contributed by atoms with van der Waals surface area (Å²) >= 11 is 0. The van der Waals surface area contributed by atoms with Gasteiger partial charge in [-0.05, 0) is 30.4 Å². The van der Waals surface area contributed by atoms with Crippen molar-refractivity contribution in [3.63, 3.8) is 0 Å². The highest BCUT2D eigenvalue weighted by atomic mass is 16.3. The summed E-state index contributed by atoms with van der Waals surface area (Å²) in [6.07, 6.45) is 4.40. The second kappa shape index (κ2) is 5.73. The number of nitrogens with two attached hydrogens (primary N) is 1. The number of para-hydroxylation sites is 1. The summed E-state index contributed by atoms with van der Waals surface area (Å²) in [6.45, 7) is 5.97. The molecule has 1 amide bonds. The standard InChI is InChI=1S/C16H24N2O2/c1-3-16(4-2)8-10-18(11-9-16)15(20)12-6-5-7-13(17)14(12)19/h5-7,19H,3-4,8-11,17H2,1-2H3. The predicted molar refractivity (Wildman–Crippen MR) is 80.7 cm³/mol. The Labute approximate surface area is 120 Å². The molecule has 1 aliphatic rings. The van der Waals surface area contributed by atoms with Gasteiger partial charge in [-0.15, -0.1) is 0 Å². The maximum absolute atomic E-state index is 12.5. The van der Waals surface area contributed by atoms with Crippen molar-refractivity contribution in [3.8, 4) is 5.75 Å². The van der Waals surface area contributed by atoms with Gasteiger partial charge in [-0.1, -0.05) is 32.8 Å². The topological polar surface area (TPSA) is 66.6 Å². The van der Waals surface area contributed by atoms with Crippen LogP contribution in [0.1, 0.15) is 49.9 Å². The Morgan fingerprint density at radius 1 is 1.30 bits per heavy atom. The smallest absolute Gasteiger partial charge is 0.257 e. The lowest BCUT2D eigenvalue weighted by atomic mass is 9.74. The molecule has 1 saturated heterocycles. The second-order valence-corrected chi connectivity index (χ2v) is 5.74. The van der Waals surface area contributed by atoms with E-state index in [4.69, 9.17) is 5.73 Å². The number of carbonyl (C=O) groups is 1. The van der Waals surface area contributed by atoms with Gasteiger partial charge in [0.05, 0.1) is 11.3 Å². The van der Waals surface area contributed by atoms with E-state index in [2.05, 4.69) is 13.8 Å². The fraction of sp³-hybridized carbons (Fsp3) is 0.562. The van der Waals surface area contributed by atoms with Crippen LogP contribution in [0.5, 0.6) is 5.75 Å². The van der Waals surface area contributed by atoms with Crippen LogP contribution in [0, 0.1) is 5.41 Å². The molecule has 0 aromatic heterocycles. The van der Waals surface area contributed by atoms with Crippen molar-refractivity contribution in [1.29, 1.82) is 0 Å². The molecule has 1 fully saturated rings. The van der Waals surface area contributed by atoms with E-state index < -0.39 is 0 Å². The lowest BCUT2D eigenvalue weighted by Crippen LogP contribution is -2.42. The Kier molecular flexibility index (Phi) is 4.21. The zero-order valence-corrected chi connectivity index (χ0v) is 12.4. The number of likely N-dealkylation sites (tertiary alicyclic amines) is 1. The normalized spacial score (nSPS) is 18.0. The molecule has 0 unspecified atom stereocenters. The summed E-state index contributed by atoms with van der Waals surface area (Å²) in [6, 6.07) is 4.94. The van der Waals surface area contributed by atoms with Crippen LogP contribution < -0.4 is 5.73 Å². The van der Waals surface area contributed by atoms with Crippen molar-refractivity contribution < 1.29 is 9.90 Å². The third kappa shape index (κ3) is 2.60. The Morgan fingerprint density at radius 2 is 1.90 bits per heavy atom. The Morgan fingerprint density at radius 3 is 2.45 bits per heavy atom. The average Bonchev–Trinajstić information content (AvgIpc) is 2.49. The third-order valence-corrected chi connectivity index (χ3v) is 4.91. The molecule has 20 heavy (non-hydrogen) atoms. The first-order chi connectivity index (χ1) is 9.53. The van der Waals surface area contributed by atoms with E-state index in [1.165, 1.54) is 0 Å². The Hall–Kier alpha value is -1.71. The lowest BCUT2D eigenvalue weighted by molar-refractivity contribution is 0.0555. The van der Waals surface area contributed by atoms with Crippen molar-refractivity contribution >= 4 is 11.6 Å². The molecule has 4 heteroatoms. The second-order valence-electron chi connectivity index (χ2n) is 5.74. The van der Waals surface area contributed by atoms with Gasteiger partial charge in [0.1, 0.15) is 0 Å². The average molecular weight is 276 g/mol. The summed E-state index contributed by atoms with van der Waals surface area (Å²) in [7, 11) is 0. The van der Waals surface area contributed by atoms with Crippen LogP contribution in [0.3, 0.4) is 0 Å². The third-order valence-electron chi connectivity index (χ3n) is 4.91. The van der Waals surface area contributed by atoms with Crippen molar-refractivity contribution in [3.05, 3.63) is 23.8 Å². The van der Waals surface area contributed by atoms with Gasteiger partial charge in [0.25, 0.3) is 5.91 Å². The number of hydrogen-bond acceptors (Lipinski definition) is 3. The van der Waals surface area contributed by atoms with Gasteiger partial charge in [0, 0.05) is 13.1 Å². The fourth-order valence-corrected chi connectivity index (χ4v) is 3.05. The quantitative estimate of drug-likeness (QED) is 0.658. The number of aromatic hydroxyl groups is 1. The molecule has 110 valence electrons. The molecule has 0 aliphatic carbocycles. The number of piperidine rings is 1. The van der Waals surface area contributed by atoms with Crippen LogP contribution in [-0.2, 0) is 0 Å². The van der Waals surface area contributed by atoms with E-state index in [1.54, 1.807) is 18.2 Å². The minimum absolute atomic E-state index is 0.0969. The van der Waals surface area contributed by atoms with Crippen molar-refractivity contribution in [2.45, 2.75) is 39.5 Å². The van der Waals surface area contributed by atoms with Gasteiger partial charge in [-0.25, -0.2) is 0 Å². The molecular weight excluding hydrogens is 252 g/mol. The SMILES string of the molecule is CCC1(CC)CCN(C(=O)c2cccc(N)c2O)CC1. The summed E-state index contributed by atoms with van der Waals surface area (Å²) < 4.78 is 0. The minimum atomic E-state index is -0.115. The zero-order valence-electron chi connectivity index (χ0n) is 12.4. The summed E-state index contributed by atoms with van der Waals surface area (Å²) in [5, 5.41) is 9.92. The van der Waals surface area contributed by atoms with Crippen molar-refractivity contribution in [2.24, 2.45) is 5.41 Å². The number of amides is 1. The first-order valence-electron chi connectivity index (χ1n) is 7.39. The van der Waals surface area contributed by atoms with Crippen LogP contribution in [0.15, 0.2) is 18.2 Å². The van der Waals surface area contributed by atoms with Crippen LogP contribution in [0.2, 0.25) is 0 Å². The molecule has 1 aromatic rings. The lowest BCUT2D eigenvalue weighted by Gasteiger charge is -2.41. The van der Waals surface area contributed by atoms with Crippen LogP contribution in [0.4, 0.5) is 5.69 Å². The summed E-state index contributed by atoms with van der Waals surface area (Å²) in [5.41, 5.74) is 6.60. The number of nitrogens with zero attached hydrogens (tertiary/aromatic N) is 1. The number of rotatable bonds is 3. The molecular formula is C16H24N2O2. The van der Waals surface area contributed by atoms with Gasteiger partial charge in [0.15, 0.2) is 5.75 Å². The molecule has 1 aliphatic heterocycles. The van der Waals surface area contributed by atoms with Crippen molar-refractivity contribution in [2.75, 3.05) is 18.8 Å². The number of hydrogen-bond donors (Lipinski definition) is 2. The summed E-state index contributed by atoms with van der Waals surface area (Å²) in [5.74, 6) is -0.212. The molecule has 1 heterocycles. The number of benzene rings is 1. The van der Waals surface area contributed by atoms with Gasteiger partial charge < -0.3 is 15.7 Å². The van der Waals surface area contributed by atoms with Crippen molar-refractivity contribution in [1.82, 2.24) is 4.90 Å². The minimum Gasteiger partial charge on any atom is -0.505 e. The molecule has 0 radical (unpaired) electrons. The van der Waals surface area contributed by atoms with Crippen LogP contribution in [0.25, 0.3) is 0 Å². The van der Waals surface area contributed by atoms with Gasteiger partial charge in [-0.2, -0.15) is 0 Å². The van der Waals surface area contributed by atoms with Gasteiger partial charge in [0.2, 0.25) is 0 Å². The molecule has 1 aromatic carbocycles. The summed E-state index contributed by atoms with van der Waals surface area (Å²) in [4.78, 5) is 14.3. The molecule has 0 bridgehead atoms. The number of nitrogen functional groups attached to an aromatic ring is 1. The van der Waals surface area contributed by atoms with Gasteiger partial charge >= 0.3 is 0 Å². The predicted octanol–water partition coefficient (Wildman–Crippen LogP) is 3.02. The monoisotopic (exact) mass is 276 g/mol. The van der Waals surface area contributed by atoms with Gasteiger partial charge in [-0.3, -0.25) is 4.79 Å². The largest absolute Gasteiger partial charge is 0.505 e.